The molecule has 0 spiro atoms. The molecule has 1 aliphatic carbocycles. The summed E-state index contributed by atoms with van der Waals surface area (Å²) in [6.07, 6.45) is 2.42. The highest BCUT2D eigenvalue weighted by molar-refractivity contribution is 5.94. The van der Waals surface area contributed by atoms with Gasteiger partial charge in [-0.05, 0) is 31.0 Å². The van der Waals surface area contributed by atoms with E-state index in [9.17, 15) is 4.79 Å². The molecular weight excluding hydrogens is 262 g/mol. The van der Waals surface area contributed by atoms with E-state index in [1.54, 1.807) is 6.07 Å². The molecule has 0 bridgehead atoms. The van der Waals surface area contributed by atoms with E-state index >= 15 is 0 Å². The standard InChI is InChI=1S/C14H11NO2.2C2H6/c16-14(17)13-8-11-6-5-10(7-12(11)15-13)4-3-9-1-2-9;2*1-2/h5-9,15H,1-2H2,(H,16,17);2*1-2H3. The summed E-state index contributed by atoms with van der Waals surface area (Å²) >= 11 is 0. The van der Waals surface area contributed by atoms with Crippen LogP contribution >= 0.6 is 0 Å². The lowest BCUT2D eigenvalue weighted by atomic mass is 10.1. The number of nitrogens with one attached hydrogen (secondary N) is 1. The van der Waals surface area contributed by atoms with E-state index in [4.69, 9.17) is 5.11 Å². The van der Waals surface area contributed by atoms with E-state index in [-0.39, 0.29) is 5.69 Å². The maximum absolute atomic E-state index is 10.8. The smallest absolute Gasteiger partial charge is 0.352 e. The molecule has 3 heteroatoms. The summed E-state index contributed by atoms with van der Waals surface area (Å²) in [5.41, 5.74) is 1.97. The van der Waals surface area contributed by atoms with E-state index in [1.807, 2.05) is 45.9 Å². The van der Waals surface area contributed by atoms with Crippen LogP contribution in [-0.4, -0.2) is 16.1 Å². The predicted molar refractivity (Wildman–Crippen MR) is 87.6 cm³/mol. The van der Waals surface area contributed by atoms with Crippen LogP contribution in [0.4, 0.5) is 0 Å². The van der Waals surface area contributed by atoms with E-state index < -0.39 is 5.97 Å². The van der Waals surface area contributed by atoms with E-state index in [0.29, 0.717) is 5.92 Å². The van der Waals surface area contributed by atoms with Gasteiger partial charge in [0.1, 0.15) is 5.69 Å². The maximum atomic E-state index is 10.8. The number of aromatic nitrogens is 1. The Morgan fingerprint density at radius 2 is 1.86 bits per heavy atom. The second kappa shape index (κ2) is 8.16. The van der Waals surface area contributed by atoms with Crippen molar-refractivity contribution in [3.8, 4) is 11.8 Å². The Bertz CT molecular complexity index is 655. The molecule has 0 saturated heterocycles. The number of H-pyrrole nitrogens is 1. The summed E-state index contributed by atoms with van der Waals surface area (Å²) in [4.78, 5) is 13.7. The molecular formula is C18H23NO2. The van der Waals surface area contributed by atoms with Crippen molar-refractivity contribution in [2.45, 2.75) is 40.5 Å². The van der Waals surface area contributed by atoms with Crippen molar-refractivity contribution in [1.82, 2.24) is 4.98 Å². The quantitative estimate of drug-likeness (QED) is 0.747. The molecule has 1 aromatic carbocycles. The summed E-state index contributed by atoms with van der Waals surface area (Å²) in [5.74, 6) is 5.94. The van der Waals surface area contributed by atoms with Gasteiger partial charge >= 0.3 is 5.97 Å². The number of aromatic amines is 1. The minimum Gasteiger partial charge on any atom is -0.477 e. The lowest BCUT2D eigenvalue weighted by Crippen LogP contribution is -1.94. The Morgan fingerprint density at radius 1 is 1.19 bits per heavy atom. The fraction of sp³-hybridized carbons (Fsp3) is 0.389. The van der Waals surface area contributed by atoms with Crippen molar-refractivity contribution < 1.29 is 9.90 Å². The van der Waals surface area contributed by atoms with Gasteiger partial charge in [-0.3, -0.25) is 0 Å². The zero-order chi connectivity index (χ0) is 15.8. The number of carboxylic acid groups (broad SMARTS) is 1. The highest BCUT2D eigenvalue weighted by Gasteiger charge is 2.17. The molecule has 0 amide bonds. The van der Waals surface area contributed by atoms with Crippen LogP contribution < -0.4 is 0 Å². The van der Waals surface area contributed by atoms with Gasteiger partial charge in [0.15, 0.2) is 0 Å². The van der Waals surface area contributed by atoms with Crippen molar-refractivity contribution in [2.24, 2.45) is 5.92 Å². The Balaban J connectivity index is 0.000000510. The van der Waals surface area contributed by atoms with E-state index in [0.717, 1.165) is 16.5 Å². The van der Waals surface area contributed by atoms with Crippen molar-refractivity contribution in [1.29, 1.82) is 0 Å². The van der Waals surface area contributed by atoms with Gasteiger partial charge in [-0.1, -0.05) is 45.6 Å². The molecule has 1 heterocycles. The largest absolute Gasteiger partial charge is 0.477 e. The van der Waals surface area contributed by atoms with Crippen LogP contribution in [0.2, 0.25) is 0 Å². The number of rotatable bonds is 1. The summed E-state index contributed by atoms with van der Waals surface area (Å²) in [6.45, 7) is 8.00. The summed E-state index contributed by atoms with van der Waals surface area (Å²) < 4.78 is 0. The molecule has 21 heavy (non-hydrogen) atoms. The van der Waals surface area contributed by atoms with E-state index in [2.05, 4.69) is 16.8 Å². The van der Waals surface area contributed by atoms with Crippen LogP contribution in [-0.2, 0) is 0 Å². The van der Waals surface area contributed by atoms with Crippen LogP contribution in [0.5, 0.6) is 0 Å². The zero-order valence-corrected chi connectivity index (χ0v) is 13.2. The monoisotopic (exact) mass is 285 g/mol. The number of fused-ring (bicyclic) bond motifs is 1. The molecule has 3 rings (SSSR count). The number of carbonyl (C=O) groups is 1. The first-order valence-corrected chi connectivity index (χ1v) is 7.60. The minimum atomic E-state index is -0.938. The highest BCUT2D eigenvalue weighted by Crippen LogP contribution is 2.27. The van der Waals surface area contributed by atoms with Gasteiger partial charge in [-0.15, -0.1) is 0 Å². The molecule has 2 N–H and O–H groups in total. The number of carboxylic acids is 1. The van der Waals surface area contributed by atoms with Crippen LogP contribution in [0.25, 0.3) is 10.9 Å². The van der Waals surface area contributed by atoms with Gasteiger partial charge in [-0.25, -0.2) is 4.79 Å². The molecule has 3 nitrogen and oxygen atoms in total. The average molecular weight is 285 g/mol. The van der Waals surface area contributed by atoms with E-state index in [1.165, 1.54) is 12.8 Å². The summed E-state index contributed by atoms with van der Waals surface area (Å²) in [7, 11) is 0. The van der Waals surface area contributed by atoms with Crippen LogP contribution in [0.1, 0.15) is 56.6 Å². The Kier molecular flexibility index (Phi) is 6.55. The second-order valence-corrected chi connectivity index (χ2v) is 4.33. The van der Waals surface area contributed by atoms with Crippen molar-refractivity contribution in [3.63, 3.8) is 0 Å². The molecule has 1 fully saturated rings. The fourth-order valence-electron chi connectivity index (χ4n) is 1.73. The number of benzene rings is 1. The molecule has 1 aromatic heterocycles. The lowest BCUT2D eigenvalue weighted by molar-refractivity contribution is 0.0691. The number of aromatic carboxylic acids is 1. The van der Waals surface area contributed by atoms with Crippen LogP contribution in [0.3, 0.4) is 0 Å². The van der Waals surface area contributed by atoms with Crippen LogP contribution in [0, 0.1) is 17.8 Å². The van der Waals surface area contributed by atoms with Crippen molar-refractivity contribution in [3.05, 3.63) is 35.5 Å². The topological polar surface area (TPSA) is 53.1 Å². The SMILES string of the molecule is CC.CC.O=C(O)c1cc2ccc(C#CC3CC3)cc2[nH]1. The predicted octanol–water partition coefficient (Wildman–Crippen LogP) is 4.68. The van der Waals surface area contributed by atoms with Gasteiger partial charge in [0.05, 0.1) is 0 Å². The fourth-order valence-corrected chi connectivity index (χ4v) is 1.73. The first-order valence-electron chi connectivity index (χ1n) is 7.60. The summed E-state index contributed by atoms with van der Waals surface area (Å²) in [6, 6.07) is 7.36. The first kappa shape index (κ1) is 16.8. The molecule has 0 atom stereocenters. The number of hydrogen-bond donors (Lipinski definition) is 2. The third-order valence-electron chi connectivity index (χ3n) is 2.85. The van der Waals surface area contributed by atoms with Gasteiger partial charge in [0.2, 0.25) is 0 Å². The first-order chi connectivity index (χ1) is 10.2. The second-order valence-electron chi connectivity index (χ2n) is 4.33. The normalized spacial score (nSPS) is 12.2. The molecule has 1 saturated carbocycles. The third-order valence-corrected chi connectivity index (χ3v) is 2.85. The number of hydrogen-bond acceptors (Lipinski definition) is 1. The Labute approximate surface area is 126 Å². The average Bonchev–Trinajstić information content (AvgIpc) is 3.26. The third kappa shape index (κ3) is 4.68. The van der Waals surface area contributed by atoms with Gasteiger partial charge in [0.25, 0.3) is 0 Å². The molecule has 0 radical (unpaired) electrons. The molecule has 2 aromatic rings. The van der Waals surface area contributed by atoms with Crippen molar-refractivity contribution >= 4 is 16.9 Å². The highest BCUT2D eigenvalue weighted by atomic mass is 16.4. The van der Waals surface area contributed by atoms with Crippen LogP contribution in [0.15, 0.2) is 24.3 Å². The Morgan fingerprint density at radius 3 is 2.43 bits per heavy atom. The van der Waals surface area contributed by atoms with Gasteiger partial charge < -0.3 is 10.1 Å². The zero-order valence-electron chi connectivity index (χ0n) is 13.2. The summed E-state index contributed by atoms with van der Waals surface area (Å²) in [5, 5.41) is 9.78. The Hall–Kier alpha value is -2.21. The minimum absolute atomic E-state index is 0.215. The van der Waals surface area contributed by atoms with Crippen molar-refractivity contribution in [2.75, 3.05) is 0 Å². The molecule has 0 aliphatic heterocycles. The molecule has 1 aliphatic rings. The molecule has 0 unspecified atom stereocenters. The lowest BCUT2D eigenvalue weighted by Gasteiger charge is -1.91. The maximum Gasteiger partial charge on any atom is 0.352 e. The molecule has 112 valence electrons. The van der Waals surface area contributed by atoms with Gasteiger partial charge in [0, 0.05) is 22.4 Å². The van der Waals surface area contributed by atoms with Gasteiger partial charge in [-0.2, -0.15) is 0 Å².